The lowest BCUT2D eigenvalue weighted by molar-refractivity contribution is -0.274. The number of anilines is 2. The number of hydrogen-bond acceptors (Lipinski definition) is 8. The van der Waals surface area contributed by atoms with Crippen molar-refractivity contribution >= 4 is 33.2 Å². The number of halogens is 3. The van der Waals surface area contributed by atoms with Crippen molar-refractivity contribution in [2.45, 2.75) is 32.5 Å². The van der Waals surface area contributed by atoms with Crippen LogP contribution in [0.2, 0.25) is 0 Å². The average Bonchev–Trinajstić information content (AvgIpc) is 3.18. The second-order valence-corrected chi connectivity index (χ2v) is 9.36. The average molecular weight is 493 g/mol. The van der Waals surface area contributed by atoms with Crippen LogP contribution in [0.3, 0.4) is 0 Å². The number of nitrogens with zero attached hydrogens (tertiary/aromatic N) is 5. The molecule has 0 radical (unpaired) electrons. The van der Waals surface area contributed by atoms with Gasteiger partial charge in [0.2, 0.25) is 0 Å². The Labute approximate surface area is 197 Å². The summed E-state index contributed by atoms with van der Waals surface area (Å²) in [5.41, 5.74) is 1.10. The second kappa shape index (κ2) is 9.50. The molecule has 4 rings (SSSR count). The predicted octanol–water partition coefficient (Wildman–Crippen LogP) is 4.19. The topological polar surface area (TPSA) is 96.1 Å². The van der Waals surface area contributed by atoms with Crippen molar-refractivity contribution in [3.63, 3.8) is 0 Å². The summed E-state index contributed by atoms with van der Waals surface area (Å²) in [5.74, 6) is 0.395. The van der Waals surface area contributed by atoms with Crippen LogP contribution in [0.5, 0.6) is 5.75 Å². The van der Waals surface area contributed by atoms with Gasteiger partial charge in [0, 0.05) is 26.7 Å². The maximum absolute atomic E-state index is 12.8. The lowest BCUT2D eigenvalue weighted by Gasteiger charge is -2.35. The van der Waals surface area contributed by atoms with Crippen LogP contribution in [0.4, 0.5) is 24.7 Å². The van der Waals surface area contributed by atoms with E-state index < -0.39 is 6.36 Å². The number of piperidine rings is 1. The molecule has 0 spiro atoms. The Kier molecular flexibility index (Phi) is 6.65. The molecule has 8 nitrogen and oxygen atoms in total. The summed E-state index contributed by atoms with van der Waals surface area (Å²) in [6, 6.07) is 4.74. The van der Waals surface area contributed by atoms with Crippen molar-refractivity contribution in [3.8, 4) is 11.8 Å². The lowest BCUT2D eigenvalue weighted by atomic mass is 9.94. The van der Waals surface area contributed by atoms with Gasteiger partial charge in [-0.05, 0) is 44.2 Å². The van der Waals surface area contributed by atoms with Crippen molar-refractivity contribution in [2.24, 2.45) is 13.0 Å². The lowest BCUT2D eigenvalue weighted by Crippen LogP contribution is -2.38. The number of alkyl halides is 3. The summed E-state index contributed by atoms with van der Waals surface area (Å²) in [4.78, 5) is 24.2. The number of fused-ring (bicyclic) bond motifs is 1. The zero-order valence-electron chi connectivity index (χ0n) is 18.6. The van der Waals surface area contributed by atoms with Gasteiger partial charge in [-0.1, -0.05) is 0 Å². The van der Waals surface area contributed by atoms with Crippen LogP contribution in [0.25, 0.3) is 10.3 Å². The zero-order valence-corrected chi connectivity index (χ0v) is 19.5. The van der Waals surface area contributed by atoms with Crippen LogP contribution in [0.1, 0.15) is 29.8 Å². The van der Waals surface area contributed by atoms with Gasteiger partial charge in [0.25, 0.3) is 5.56 Å². The number of rotatable bonds is 6. The minimum Gasteiger partial charge on any atom is -0.404 e. The van der Waals surface area contributed by atoms with E-state index in [4.69, 9.17) is 0 Å². The maximum atomic E-state index is 12.8. The molecule has 3 aromatic rings. The first kappa shape index (κ1) is 23.8. The van der Waals surface area contributed by atoms with Crippen molar-refractivity contribution in [1.29, 1.82) is 5.26 Å². The van der Waals surface area contributed by atoms with E-state index in [1.54, 1.807) is 7.05 Å². The van der Waals surface area contributed by atoms with Gasteiger partial charge in [-0.25, -0.2) is 9.97 Å². The molecule has 180 valence electrons. The highest BCUT2D eigenvalue weighted by molar-refractivity contribution is 7.18. The Morgan fingerprint density at radius 1 is 1.38 bits per heavy atom. The molecule has 3 aromatic heterocycles. The minimum atomic E-state index is -4.75. The molecule has 34 heavy (non-hydrogen) atoms. The molecule has 1 fully saturated rings. The normalized spacial score (nSPS) is 16.5. The molecule has 1 saturated heterocycles. The molecule has 0 saturated carbocycles. The van der Waals surface area contributed by atoms with Gasteiger partial charge in [0.1, 0.15) is 33.5 Å². The first-order valence-corrected chi connectivity index (χ1v) is 11.6. The van der Waals surface area contributed by atoms with Gasteiger partial charge in [-0.2, -0.15) is 5.26 Å². The number of ether oxygens (including phenoxy) is 1. The molecule has 0 bridgehead atoms. The summed E-state index contributed by atoms with van der Waals surface area (Å²) in [6.45, 7) is 3.88. The molecule has 4 heterocycles. The van der Waals surface area contributed by atoms with Crippen molar-refractivity contribution in [1.82, 2.24) is 14.5 Å². The third-order valence-corrected chi connectivity index (χ3v) is 6.82. The van der Waals surface area contributed by atoms with Crippen LogP contribution in [-0.4, -0.2) is 40.5 Å². The Morgan fingerprint density at radius 3 is 2.85 bits per heavy atom. The fourth-order valence-corrected chi connectivity index (χ4v) is 5.15. The third kappa shape index (κ3) is 5.09. The fourth-order valence-electron chi connectivity index (χ4n) is 4.27. The minimum absolute atomic E-state index is 0.115. The molecule has 1 aliphatic heterocycles. The Morgan fingerprint density at radius 2 is 2.18 bits per heavy atom. The highest BCUT2D eigenvalue weighted by Gasteiger charge is 2.31. The molecule has 1 N–H and O–H groups in total. The zero-order chi connectivity index (χ0) is 24.5. The highest BCUT2D eigenvalue weighted by Crippen LogP contribution is 2.34. The summed E-state index contributed by atoms with van der Waals surface area (Å²) in [7, 11) is 1.66. The quantitative estimate of drug-likeness (QED) is 0.551. The van der Waals surface area contributed by atoms with Crippen LogP contribution in [-0.2, 0) is 7.05 Å². The van der Waals surface area contributed by atoms with E-state index in [0.717, 1.165) is 41.8 Å². The largest absolute Gasteiger partial charge is 0.573 e. The Balaban J connectivity index is 1.44. The molecule has 12 heteroatoms. The first-order chi connectivity index (χ1) is 16.2. The molecule has 1 atom stereocenters. The third-order valence-electron chi connectivity index (χ3n) is 5.78. The van der Waals surface area contributed by atoms with E-state index in [1.165, 1.54) is 28.0 Å². The van der Waals surface area contributed by atoms with Crippen LogP contribution < -0.4 is 20.5 Å². The molecule has 0 aromatic carbocycles. The van der Waals surface area contributed by atoms with E-state index in [-0.39, 0.29) is 16.9 Å². The number of pyridine rings is 2. The summed E-state index contributed by atoms with van der Waals surface area (Å²) in [5, 5.41) is 13.7. The first-order valence-electron chi connectivity index (χ1n) is 10.8. The van der Waals surface area contributed by atoms with E-state index >= 15 is 0 Å². The van der Waals surface area contributed by atoms with Gasteiger partial charge in [-0.15, -0.1) is 24.5 Å². The van der Waals surface area contributed by atoms with Gasteiger partial charge in [0.15, 0.2) is 0 Å². The fraction of sp³-hybridized carbons (Fsp3) is 0.455. The monoisotopic (exact) mass is 492 g/mol. The molecule has 0 unspecified atom stereocenters. The molecule has 1 aliphatic rings. The Hall–Kier alpha value is -3.33. The van der Waals surface area contributed by atoms with Crippen LogP contribution in [0.15, 0.2) is 23.1 Å². The molecule has 0 aliphatic carbocycles. The summed E-state index contributed by atoms with van der Waals surface area (Å²) < 4.78 is 42.1. The van der Waals surface area contributed by atoms with Crippen molar-refractivity contribution < 1.29 is 17.9 Å². The number of hydrogen-bond donors (Lipinski definition) is 1. The second-order valence-electron chi connectivity index (χ2n) is 8.18. The predicted molar refractivity (Wildman–Crippen MR) is 123 cm³/mol. The number of thiazole rings is 1. The van der Waals surface area contributed by atoms with Crippen LogP contribution >= 0.6 is 11.3 Å². The van der Waals surface area contributed by atoms with Crippen molar-refractivity contribution in [2.75, 3.05) is 29.9 Å². The van der Waals surface area contributed by atoms with Gasteiger partial charge < -0.3 is 19.5 Å². The van der Waals surface area contributed by atoms with Gasteiger partial charge in [-0.3, -0.25) is 4.79 Å². The maximum Gasteiger partial charge on any atom is 0.573 e. The number of aryl methyl sites for hydroxylation is 2. The summed E-state index contributed by atoms with van der Waals surface area (Å²) >= 11 is 1.43. The van der Waals surface area contributed by atoms with Crippen LogP contribution in [0, 0.1) is 24.2 Å². The number of nitrogens with one attached hydrogen (secondary N) is 1. The molecular weight excluding hydrogens is 469 g/mol. The van der Waals surface area contributed by atoms with Gasteiger partial charge in [0.05, 0.1) is 16.9 Å². The summed E-state index contributed by atoms with van der Waals surface area (Å²) in [6.07, 6.45) is -1.02. The number of aromatic nitrogens is 3. The van der Waals surface area contributed by atoms with E-state index in [2.05, 4.69) is 31.0 Å². The Bertz CT molecular complexity index is 1280. The molecular formula is C22H23F3N6O2S. The SMILES string of the molecule is Cc1nc2c(N3CCC[C@H](CCNc4ccc(OC(F)(F)F)cn4)C3)c(C#N)c(=O)n(C)c2s1. The standard InChI is InChI=1S/C22H23F3N6O2S/c1-13-29-18-19(16(10-26)20(32)30(2)21(18)34-13)31-9-3-4-14(12-31)7-8-27-17-6-5-15(11-28-17)33-22(23,24)25/h5-6,11,14H,3-4,7-9,12H2,1-2H3,(H,27,28)/t14-/m1/s1. The van der Waals surface area contributed by atoms with Crippen molar-refractivity contribution in [3.05, 3.63) is 39.3 Å². The van der Waals surface area contributed by atoms with Gasteiger partial charge >= 0.3 is 6.36 Å². The van der Waals surface area contributed by atoms with E-state index in [0.29, 0.717) is 36.0 Å². The molecule has 0 amide bonds. The number of nitriles is 1. The van der Waals surface area contributed by atoms with E-state index in [1.807, 2.05) is 6.92 Å². The van der Waals surface area contributed by atoms with E-state index in [9.17, 15) is 23.2 Å². The highest BCUT2D eigenvalue weighted by atomic mass is 32.1. The smallest absolute Gasteiger partial charge is 0.404 e.